The molecule has 0 saturated carbocycles. The molecule has 6 heteroatoms. The number of rotatable bonds is 5. The summed E-state index contributed by atoms with van der Waals surface area (Å²) < 4.78 is 0. The molecule has 0 aliphatic heterocycles. The van der Waals surface area contributed by atoms with Gasteiger partial charge in [0.1, 0.15) is 0 Å². The molecule has 0 saturated heterocycles. The van der Waals surface area contributed by atoms with Crippen LogP contribution in [0, 0.1) is 10.1 Å². The Morgan fingerprint density at radius 3 is 2.31 bits per heavy atom. The second-order valence-electron chi connectivity index (χ2n) is 6.08. The topological polar surface area (TPSA) is 66.7 Å². The third-order valence-electron chi connectivity index (χ3n) is 4.37. The first-order chi connectivity index (χ1) is 12.5. The van der Waals surface area contributed by atoms with Crippen molar-refractivity contribution < 1.29 is 9.72 Å². The molecule has 0 aromatic heterocycles. The fourth-order valence-electron chi connectivity index (χ4n) is 2.88. The van der Waals surface area contributed by atoms with Crippen molar-refractivity contribution >= 4 is 33.7 Å². The molecule has 0 N–H and O–H groups in total. The van der Waals surface area contributed by atoms with E-state index in [1.165, 1.54) is 17.0 Å². The Labute approximate surface area is 151 Å². The van der Waals surface area contributed by atoms with Crippen molar-refractivity contribution in [3.63, 3.8) is 0 Å². The molecular weight excluding hydrogens is 330 g/mol. The zero-order valence-electron chi connectivity index (χ0n) is 14.6. The first-order valence-electron chi connectivity index (χ1n) is 8.17. The molecule has 132 valence electrons. The van der Waals surface area contributed by atoms with E-state index in [0.29, 0.717) is 5.69 Å². The van der Waals surface area contributed by atoms with Crippen LogP contribution in [0.15, 0.2) is 66.7 Å². The van der Waals surface area contributed by atoms with Crippen molar-refractivity contribution in [1.82, 2.24) is 0 Å². The van der Waals surface area contributed by atoms with Gasteiger partial charge in [-0.25, -0.2) is 0 Å². The number of likely N-dealkylation sites (N-methyl/N-ethyl adjacent to an activating group) is 2. The van der Waals surface area contributed by atoms with E-state index in [9.17, 15) is 14.9 Å². The van der Waals surface area contributed by atoms with Crippen molar-refractivity contribution in [2.24, 2.45) is 0 Å². The third kappa shape index (κ3) is 3.49. The lowest BCUT2D eigenvalue weighted by atomic mass is 10.1. The van der Waals surface area contributed by atoms with Crippen molar-refractivity contribution in [3.05, 3.63) is 76.8 Å². The fraction of sp³-hybridized carbons (Fsp3) is 0.150. The number of fused-ring (bicyclic) bond motifs is 1. The summed E-state index contributed by atoms with van der Waals surface area (Å²) in [6, 6.07) is 20.0. The molecule has 0 bridgehead atoms. The predicted molar refractivity (Wildman–Crippen MR) is 104 cm³/mol. The number of carbonyl (C=O) groups excluding carboxylic acids is 1. The number of hydrogen-bond donors (Lipinski definition) is 0. The number of amides is 1. The molecular formula is C20H19N3O3. The Morgan fingerprint density at radius 1 is 0.962 bits per heavy atom. The molecule has 0 atom stereocenters. The lowest BCUT2D eigenvalue weighted by molar-refractivity contribution is -0.384. The van der Waals surface area contributed by atoms with E-state index < -0.39 is 4.92 Å². The molecule has 3 aromatic rings. The zero-order valence-corrected chi connectivity index (χ0v) is 14.6. The Kier molecular flexibility index (Phi) is 4.84. The van der Waals surface area contributed by atoms with Crippen molar-refractivity contribution in [2.45, 2.75) is 0 Å². The Bertz CT molecular complexity index is 949. The molecule has 0 fully saturated rings. The molecule has 3 aromatic carbocycles. The highest BCUT2D eigenvalue weighted by Gasteiger charge is 2.16. The molecule has 0 aliphatic rings. The lowest BCUT2D eigenvalue weighted by Gasteiger charge is -2.24. The van der Waals surface area contributed by atoms with Crippen molar-refractivity contribution in [3.8, 4) is 0 Å². The molecule has 1 amide bonds. The van der Waals surface area contributed by atoms with Crippen LogP contribution in [0.1, 0.15) is 0 Å². The first kappa shape index (κ1) is 17.4. The van der Waals surface area contributed by atoms with Crippen molar-refractivity contribution in [2.75, 3.05) is 30.4 Å². The molecule has 0 unspecified atom stereocenters. The molecule has 6 nitrogen and oxygen atoms in total. The summed E-state index contributed by atoms with van der Waals surface area (Å²) >= 11 is 0. The predicted octanol–water partition coefficient (Wildman–Crippen LogP) is 3.85. The summed E-state index contributed by atoms with van der Waals surface area (Å²) in [6.45, 7) is 0.196. The maximum atomic E-state index is 12.6. The number of nitro groups is 1. The highest BCUT2D eigenvalue weighted by atomic mass is 16.6. The number of nitrogens with zero attached hydrogens (tertiary/aromatic N) is 3. The summed E-state index contributed by atoms with van der Waals surface area (Å²) in [5.74, 6) is -0.103. The van der Waals surface area contributed by atoms with Gasteiger partial charge in [-0.2, -0.15) is 0 Å². The van der Waals surface area contributed by atoms with E-state index in [1.807, 2.05) is 54.4 Å². The van der Waals surface area contributed by atoms with Gasteiger partial charge in [-0.15, -0.1) is 0 Å². The van der Waals surface area contributed by atoms with Gasteiger partial charge in [-0.1, -0.05) is 36.4 Å². The smallest absolute Gasteiger partial charge is 0.269 e. The summed E-state index contributed by atoms with van der Waals surface area (Å²) in [7, 11) is 3.55. The lowest BCUT2D eigenvalue weighted by Crippen LogP contribution is -2.36. The van der Waals surface area contributed by atoms with E-state index in [-0.39, 0.29) is 18.1 Å². The minimum atomic E-state index is -0.458. The Hall–Kier alpha value is -3.41. The van der Waals surface area contributed by atoms with E-state index in [4.69, 9.17) is 0 Å². The SMILES string of the molecule is CN(CC(=O)N(C)c1ccc([N+](=O)[O-])cc1)c1cccc2ccccc12. The highest BCUT2D eigenvalue weighted by Crippen LogP contribution is 2.26. The number of carbonyl (C=O) groups is 1. The van der Waals surface area contributed by atoms with Crippen LogP contribution in [0.3, 0.4) is 0 Å². The average molecular weight is 349 g/mol. The van der Waals surface area contributed by atoms with Crippen LogP contribution in [0.4, 0.5) is 17.1 Å². The molecule has 0 heterocycles. The summed E-state index contributed by atoms with van der Waals surface area (Å²) in [6.07, 6.45) is 0. The van der Waals surface area contributed by atoms with Crippen LogP contribution < -0.4 is 9.80 Å². The standard InChI is InChI=1S/C20H19N3O3/c1-21(19-9-5-7-15-6-3-4-8-18(15)19)14-20(24)22(2)16-10-12-17(13-11-16)23(25)26/h3-13H,14H2,1-2H3. The van der Waals surface area contributed by atoms with Gasteiger partial charge in [0, 0.05) is 43.0 Å². The van der Waals surface area contributed by atoms with E-state index in [1.54, 1.807) is 19.2 Å². The Balaban J connectivity index is 1.77. The van der Waals surface area contributed by atoms with Crippen LogP contribution in [0.2, 0.25) is 0 Å². The Morgan fingerprint density at radius 2 is 1.62 bits per heavy atom. The quantitative estimate of drug-likeness (QED) is 0.518. The van der Waals surface area contributed by atoms with Gasteiger partial charge in [0.05, 0.1) is 11.5 Å². The van der Waals surface area contributed by atoms with Crippen LogP contribution in [-0.2, 0) is 4.79 Å². The molecule has 3 rings (SSSR count). The van der Waals surface area contributed by atoms with E-state index in [0.717, 1.165) is 16.5 Å². The summed E-state index contributed by atoms with van der Waals surface area (Å²) in [4.78, 5) is 26.3. The highest BCUT2D eigenvalue weighted by molar-refractivity contribution is 5.99. The number of hydrogen-bond acceptors (Lipinski definition) is 4. The van der Waals surface area contributed by atoms with Gasteiger partial charge in [0.15, 0.2) is 0 Å². The van der Waals surface area contributed by atoms with Gasteiger partial charge in [0.2, 0.25) is 5.91 Å². The molecule has 0 spiro atoms. The first-order valence-corrected chi connectivity index (χ1v) is 8.17. The maximum Gasteiger partial charge on any atom is 0.269 e. The van der Waals surface area contributed by atoms with Gasteiger partial charge in [0.25, 0.3) is 5.69 Å². The normalized spacial score (nSPS) is 10.5. The van der Waals surface area contributed by atoms with Gasteiger partial charge < -0.3 is 9.80 Å². The average Bonchev–Trinajstić information content (AvgIpc) is 2.66. The second-order valence-corrected chi connectivity index (χ2v) is 6.08. The molecule has 0 radical (unpaired) electrons. The van der Waals surface area contributed by atoms with Crippen molar-refractivity contribution in [1.29, 1.82) is 0 Å². The minimum absolute atomic E-state index is 0.00229. The monoisotopic (exact) mass is 349 g/mol. The molecule has 26 heavy (non-hydrogen) atoms. The van der Waals surface area contributed by atoms with Crippen LogP contribution in [0.5, 0.6) is 0 Å². The summed E-state index contributed by atoms with van der Waals surface area (Å²) in [5.41, 5.74) is 1.60. The fourth-order valence-corrected chi connectivity index (χ4v) is 2.88. The number of anilines is 2. The largest absolute Gasteiger partial charge is 0.365 e. The van der Waals surface area contributed by atoms with Gasteiger partial charge in [-0.3, -0.25) is 14.9 Å². The maximum absolute atomic E-state index is 12.6. The number of non-ortho nitro benzene ring substituents is 1. The van der Waals surface area contributed by atoms with E-state index in [2.05, 4.69) is 0 Å². The zero-order chi connectivity index (χ0) is 18.7. The second kappa shape index (κ2) is 7.23. The van der Waals surface area contributed by atoms with E-state index >= 15 is 0 Å². The minimum Gasteiger partial charge on any atom is -0.365 e. The number of nitro benzene ring substituents is 1. The van der Waals surface area contributed by atoms with Gasteiger partial charge >= 0.3 is 0 Å². The molecule has 0 aliphatic carbocycles. The van der Waals surface area contributed by atoms with Crippen LogP contribution in [-0.4, -0.2) is 31.5 Å². The van der Waals surface area contributed by atoms with Crippen LogP contribution in [0.25, 0.3) is 10.8 Å². The third-order valence-corrected chi connectivity index (χ3v) is 4.37. The van der Waals surface area contributed by atoms with Crippen LogP contribution >= 0.6 is 0 Å². The number of benzene rings is 3. The van der Waals surface area contributed by atoms with Gasteiger partial charge in [-0.05, 0) is 23.6 Å². The summed E-state index contributed by atoms with van der Waals surface area (Å²) in [5, 5.41) is 12.9.